The van der Waals surface area contributed by atoms with Gasteiger partial charge in [0, 0.05) is 6.04 Å². The second kappa shape index (κ2) is 6.53. The lowest BCUT2D eigenvalue weighted by atomic mass is 9.77. The molecule has 1 aliphatic carbocycles. The molecule has 0 atom stereocenters. The van der Waals surface area contributed by atoms with Crippen molar-refractivity contribution >= 4 is 0 Å². The van der Waals surface area contributed by atoms with Crippen LogP contribution in [0.2, 0.25) is 0 Å². The molecule has 0 aliphatic heterocycles. The van der Waals surface area contributed by atoms with Gasteiger partial charge in [0.25, 0.3) is 0 Å². The van der Waals surface area contributed by atoms with Crippen LogP contribution < -0.4 is 5.32 Å². The van der Waals surface area contributed by atoms with Gasteiger partial charge in [-0.1, -0.05) is 44.5 Å². The van der Waals surface area contributed by atoms with Crippen LogP contribution in [-0.4, -0.2) is 17.7 Å². The molecule has 0 aromatic heterocycles. The molecule has 0 bridgehead atoms. The molecule has 2 N–H and O–H groups in total. The van der Waals surface area contributed by atoms with E-state index in [1.807, 2.05) is 0 Å². The lowest BCUT2D eigenvalue weighted by Crippen LogP contribution is -2.39. The van der Waals surface area contributed by atoms with Gasteiger partial charge in [0.1, 0.15) is 0 Å². The molecule has 1 aliphatic rings. The van der Waals surface area contributed by atoms with Gasteiger partial charge >= 0.3 is 0 Å². The Morgan fingerprint density at radius 3 is 2.63 bits per heavy atom. The fourth-order valence-electron chi connectivity index (χ4n) is 3.18. The van der Waals surface area contributed by atoms with E-state index in [4.69, 9.17) is 0 Å². The highest BCUT2D eigenvalue weighted by molar-refractivity contribution is 5.29. The van der Waals surface area contributed by atoms with Crippen LogP contribution in [0.15, 0.2) is 24.3 Å². The fourth-order valence-corrected chi connectivity index (χ4v) is 3.18. The van der Waals surface area contributed by atoms with Crippen LogP contribution in [0.4, 0.5) is 0 Å². The van der Waals surface area contributed by atoms with E-state index in [9.17, 15) is 5.11 Å². The maximum absolute atomic E-state index is 10.9. The number of aliphatic hydroxyl groups is 1. The number of rotatable bonds is 5. The van der Waals surface area contributed by atoms with Crippen molar-refractivity contribution in [2.75, 3.05) is 6.54 Å². The Kier molecular flexibility index (Phi) is 5.00. The Balaban J connectivity index is 2.06. The molecule has 106 valence electrons. The standard InChI is InChI=1S/C17H27NO/c1-3-6-14-7-5-8-15(13-14)17(19)11-9-16(10-12-17)18-4-2/h5,7-8,13,16,18-19H,3-4,6,9-12H2,1-2H3. The summed E-state index contributed by atoms with van der Waals surface area (Å²) in [7, 11) is 0. The number of hydrogen-bond acceptors (Lipinski definition) is 2. The number of benzene rings is 1. The lowest BCUT2D eigenvalue weighted by molar-refractivity contribution is -0.00821. The van der Waals surface area contributed by atoms with E-state index in [1.54, 1.807) is 0 Å². The zero-order valence-electron chi connectivity index (χ0n) is 12.3. The van der Waals surface area contributed by atoms with Gasteiger partial charge in [-0.3, -0.25) is 0 Å². The van der Waals surface area contributed by atoms with Crippen molar-refractivity contribution in [3.05, 3.63) is 35.4 Å². The molecule has 2 rings (SSSR count). The maximum Gasteiger partial charge on any atom is 0.0897 e. The van der Waals surface area contributed by atoms with E-state index in [2.05, 4.69) is 43.4 Å². The Hall–Kier alpha value is -0.860. The van der Waals surface area contributed by atoms with Crippen molar-refractivity contribution in [3.8, 4) is 0 Å². The van der Waals surface area contributed by atoms with E-state index in [0.717, 1.165) is 50.6 Å². The lowest BCUT2D eigenvalue weighted by Gasteiger charge is -2.37. The summed E-state index contributed by atoms with van der Waals surface area (Å²) >= 11 is 0. The van der Waals surface area contributed by atoms with Crippen LogP contribution in [0, 0.1) is 0 Å². The van der Waals surface area contributed by atoms with Crippen LogP contribution >= 0.6 is 0 Å². The number of hydrogen-bond donors (Lipinski definition) is 2. The molecule has 0 heterocycles. The molecule has 1 aromatic carbocycles. The molecule has 1 fully saturated rings. The minimum Gasteiger partial charge on any atom is -0.385 e. The van der Waals surface area contributed by atoms with Crippen LogP contribution in [0.25, 0.3) is 0 Å². The summed E-state index contributed by atoms with van der Waals surface area (Å²) in [5.41, 5.74) is 1.87. The van der Waals surface area contributed by atoms with Crippen LogP contribution in [0.5, 0.6) is 0 Å². The summed E-state index contributed by atoms with van der Waals surface area (Å²) in [6.07, 6.45) is 6.15. The second-order valence-corrected chi connectivity index (χ2v) is 5.81. The zero-order valence-corrected chi connectivity index (χ0v) is 12.3. The minimum absolute atomic E-state index is 0.587. The Labute approximate surface area is 117 Å². The predicted molar refractivity (Wildman–Crippen MR) is 80.3 cm³/mol. The quantitative estimate of drug-likeness (QED) is 0.851. The maximum atomic E-state index is 10.9. The molecule has 2 nitrogen and oxygen atoms in total. The molecule has 0 saturated heterocycles. The molecule has 19 heavy (non-hydrogen) atoms. The van der Waals surface area contributed by atoms with Crippen LogP contribution in [-0.2, 0) is 12.0 Å². The van der Waals surface area contributed by atoms with Crippen molar-refractivity contribution < 1.29 is 5.11 Å². The summed E-state index contributed by atoms with van der Waals surface area (Å²) in [6.45, 7) is 5.37. The zero-order chi connectivity index (χ0) is 13.7. The molecule has 0 spiro atoms. The smallest absolute Gasteiger partial charge is 0.0897 e. The third kappa shape index (κ3) is 3.58. The molecule has 2 heteroatoms. The van der Waals surface area contributed by atoms with E-state index in [-0.39, 0.29) is 0 Å². The van der Waals surface area contributed by atoms with Gasteiger partial charge in [0.05, 0.1) is 5.60 Å². The first-order valence-corrected chi connectivity index (χ1v) is 7.73. The summed E-state index contributed by atoms with van der Waals surface area (Å²) in [4.78, 5) is 0. The van der Waals surface area contributed by atoms with E-state index in [0.29, 0.717) is 6.04 Å². The van der Waals surface area contributed by atoms with Gasteiger partial charge < -0.3 is 10.4 Å². The first-order chi connectivity index (χ1) is 9.18. The highest BCUT2D eigenvalue weighted by Gasteiger charge is 2.34. The van der Waals surface area contributed by atoms with Crippen molar-refractivity contribution in [2.24, 2.45) is 0 Å². The Morgan fingerprint density at radius 2 is 2.00 bits per heavy atom. The third-order valence-electron chi connectivity index (χ3n) is 4.31. The summed E-state index contributed by atoms with van der Waals surface area (Å²) in [6, 6.07) is 9.14. The summed E-state index contributed by atoms with van der Waals surface area (Å²) in [5.74, 6) is 0. The Morgan fingerprint density at radius 1 is 1.26 bits per heavy atom. The van der Waals surface area contributed by atoms with Crippen molar-refractivity contribution in [1.82, 2.24) is 5.32 Å². The monoisotopic (exact) mass is 261 g/mol. The fraction of sp³-hybridized carbons (Fsp3) is 0.647. The molecular weight excluding hydrogens is 234 g/mol. The topological polar surface area (TPSA) is 32.3 Å². The minimum atomic E-state index is -0.602. The SMILES string of the molecule is CCCc1cccc(C2(O)CCC(NCC)CC2)c1. The summed E-state index contributed by atoms with van der Waals surface area (Å²) in [5, 5.41) is 14.4. The number of nitrogens with one attached hydrogen (secondary N) is 1. The first-order valence-electron chi connectivity index (χ1n) is 7.73. The number of aryl methyl sites for hydroxylation is 1. The van der Waals surface area contributed by atoms with Crippen molar-refractivity contribution in [2.45, 2.75) is 64.0 Å². The van der Waals surface area contributed by atoms with E-state index in [1.165, 1.54) is 5.56 Å². The third-order valence-corrected chi connectivity index (χ3v) is 4.31. The van der Waals surface area contributed by atoms with Crippen molar-refractivity contribution in [3.63, 3.8) is 0 Å². The summed E-state index contributed by atoms with van der Waals surface area (Å²) < 4.78 is 0. The largest absolute Gasteiger partial charge is 0.385 e. The van der Waals surface area contributed by atoms with Gasteiger partial charge in [-0.15, -0.1) is 0 Å². The van der Waals surface area contributed by atoms with Crippen molar-refractivity contribution in [1.29, 1.82) is 0 Å². The highest BCUT2D eigenvalue weighted by Crippen LogP contribution is 2.37. The average Bonchev–Trinajstić information content (AvgIpc) is 2.43. The highest BCUT2D eigenvalue weighted by atomic mass is 16.3. The molecule has 0 radical (unpaired) electrons. The normalized spacial score (nSPS) is 27.4. The molecular formula is C17H27NO. The predicted octanol–water partition coefficient (Wildman–Crippen LogP) is 3.38. The first kappa shape index (κ1) is 14.5. The van der Waals surface area contributed by atoms with Gasteiger partial charge in [-0.05, 0) is 49.8 Å². The second-order valence-electron chi connectivity index (χ2n) is 5.81. The molecule has 0 unspecified atom stereocenters. The molecule has 0 amide bonds. The Bertz CT molecular complexity index is 394. The van der Waals surface area contributed by atoms with Crippen LogP contribution in [0.1, 0.15) is 57.1 Å². The molecule has 1 saturated carbocycles. The van der Waals surface area contributed by atoms with Gasteiger partial charge in [-0.25, -0.2) is 0 Å². The van der Waals surface area contributed by atoms with Crippen LogP contribution in [0.3, 0.4) is 0 Å². The van der Waals surface area contributed by atoms with Gasteiger partial charge in [0.2, 0.25) is 0 Å². The average molecular weight is 261 g/mol. The van der Waals surface area contributed by atoms with E-state index < -0.39 is 5.60 Å². The molecule has 1 aromatic rings. The van der Waals surface area contributed by atoms with Gasteiger partial charge in [-0.2, -0.15) is 0 Å². The van der Waals surface area contributed by atoms with E-state index >= 15 is 0 Å². The van der Waals surface area contributed by atoms with Gasteiger partial charge in [0.15, 0.2) is 0 Å².